The van der Waals surface area contributed by atoms with E-state index in [9.17, 15) is 9.90 Å². The summed E-state index contributed by atoms with van der Waals surface area (Å²) in [5.41, 5.74) is 8.20. The number of nitrogens with zero attached hydrogens (tertiary/aromatic N) is 1. The number of rotatable bonds is 5. The molecule has 116 valence electrons. The number of carbonyl (C=O) groups excluding carboxylic acids is 1. The van der Waals surface area contributed by atoms with Gasteiger partial charge in [-0.1, -0.05) is 0 Å². The number of aliphatic hydroxyl groups is 1. The van der Waals surface area contributed by atoms with E-state index in [-0.39, 0.29) is 12.5 Å². The number of nitrogens with one attached hydrogen (secondary N) is 1. The molecule has 2 rings (SSSR count). The molecule has 1 atom stereocenters. The van der Waals surface area contributed by atoms with Crippen LogP contribution in [0.2, 0.25) is 0 Å². The first-order valence-corrected chi connectivity index (χ1v) is 7.57. The number of likely N-dealkylation sites (tertiary alicyclic amines) is 1. The largest absolute Gasteiger partial charge is 0.399 e. The number of aryl methyl sites for hydroxylation is 1. The first-order valence-electron chi connectivity index (χ1n) is 7.57. The van der Waals surface area contributed by atoms with Crippen molar-refractivity contribution >= 4 is 17.3 Å². The van der Waals surface area contributed by atoms with Crippen molar-refractivity contribution in [2.45, 2.75) is 26.2 Å². The number of anilines is 2. The molecule has 1 aromatic carbocycles. The summed E-state index contributed by atoms with van der Waals surface area (Å²) < 4.78 is 0. The van der Waals surface area contributed by atoms with Crippen LogP contribution in [0.3, 0.4) is 0 Å². The molecule has 5 nitrogen and oxygen atoms in total. The van der Waals surface area contributed by atoms with Crippen molar-refractivity contribution < 1.29 is 9.90 Å². The van der Waals surface area contributed by atoms with Crippen LogP contribution >= 0.6 is 0 Å². The van der Waals surface area contributed by atoms with Gasteiger partial charge in [0.1, 0.15) is 0 Å². The number of hydrogen-bond acceptors (Lipinski definition) is 4. The van der Waals surface area contributed by atoms with Gasteiger partial charge < -0.3 is 21.1 Å². The summed E-state index contributed by atoms with van der Waals surface area (Å²) >= 11 is 0. The van der Waals surface area contributed by atoms with Gasteiger partial charge >= 0.3 is 0 Å². The minimum Gasteiger partial charge on any atom is -0.399 e. The molecule has 21 heavy (non-hydrogen) atoms. The quantitative estimate of drug-likeness (QED) is 0.720. The predicted octanol–water partition coefficient (Wildman–Crippen LogP) is 1.61. The minimum absolute atomic E-state index is 0.0222. The maximum absolute atomic E-state index is 12.0. The maximum atomic E-state index is 12.0. The monoisotopic (exact) mass is 291 g/mol. The zero-order chi connectivity index (χ0) is 15.2. The van der Waals surface area contributed by atoms with Crippen LogP contribution in [0.1, 0.15) is 24.8 Å². The van der Waals surface area contributed by atoms with E-state index in [4.69, 9.17) is 5.73 Å². The van der Waals surface area contributed by atoms with Gasteiger partial charge in [-0.05, 0) is 56.0 Å². The predicted molar refractivity (Wildman–Crippen MR) is 85.1 cm³/mol. The molecule has 1 amide bonds. The third-order valence-electron chi connectivity index (χ3n) is 4.04. The van der Waals surface area contributed by atoms with Crippen LogP contribution in [-0.4, -0.2) is 42.2 Å². The molecule has 5 heteroatoms. The summed E-state index contributed by atoms with van der Waals surface area (Å²) in [6, 6.07) is 5.48. The Labute approximate surface area is 126 Å². The van der Waals surface area contributed by atoms with Crippen LogP contribution in [0, 0.1) is 12.8 Å². The smallest absolute Gasteiger partial charge is 0.225 e. The number of piperidine rings is 1. The number of hydrogen-bond donors (Lipinski definition) is 3. The lowest BCUT2D eigenvalue weighted by molar-refractivity contribution is -0.116. The Morgan fingerprint density at radius 2 is 2.33 bits per heavy atom. The molecule has 0 spiro atoms. The lowest BCUT2D eigenvalue weighted by atomic mass is 9.99. The molecule has 0 radical (unpaired) electrons. The zero-order valence-corrected chi connectivity index (χ0v) is 12.6. The fourth-order valence-electron chi connectivity index (χ4n) is 2.80. The van der Waals surface area contributed by atoms with Crippen LogP contribution in [0.25, 0.3) is 0 Å². The normalized spacial score (nSPS) is 19.4. The number of nitrogens with two attached hydrogens (primary N) is 1. The van der Waals surface area contributed by atoms with E-state index >= 15 is 0 Å². The Hall–Kier alpha value is -1.59. The van der Waals surface area contributed by atoms with Gasteiger partial charge in [0.25, 0.3) is 0 Å². The Kier molecular flexibility index (Phi) is 5.59. The first kappa shape index (κ1) is 15.8. The van der Waals surface area contributed by atoms with Crippen molar-refractivity contribution in [1.82, 2.24) is 4.90 Å². The van der Waals surface area contributed by atoms with E-state index in [0.29, 0.717) is 18.0 Å². The van der Waals surface area contributed by atoms with Crippen molar-refractivity contribution in [3.8, 4) is 0 Å². The highest BCUT2D eigenvalue weighted by Crippen LogP contribution is 2.18. The molecule has 0 aromatic heterocycles. The fourth-order valence-corrected chi connectivity index (χ4v) is 2.80. The standard InChI is InChI=1S/C16H25N3O2/c1-12-9-14(17)4-5-15(12)18-16(21)6-8-19-7-2-3-13(10-19)11-20/h4-5,9,13,20H,2-3,6-8,10-11,17H2,1H3,(H,18,21). The lowest BCUT2D eigenvalue weighted by Crippen LogP contribution is -2.38. The van der Waals surface area contributed by atoms with Gasteiger partial charge in [-0.2, -0.15) is 0 Å². The van der Waals surface area contributed by atoms with Gasteiger partial charge in [0.15, 0.2) is 0 Å². The zero-order valence-electron chi connectivity index (χ0n) is 12.6. The van der Waals surface area contributed by atoms with Gasteiger partial charge in [0.2, 0.25) is 5.91 Å². The Morgan fingerprint density at radius 1 is 1.52 bits per heavy atom. The fraction of sp³-hybridized carbons (Fsp3) is 0.562. The average Bonchev–Trinajstić information content (AvgIpc) is 2.48. The minimum atomic E-state index is 0.0222. The van der Waals surface area contributed by atoms with Gasteiger partial charge in [0.05, 0.1) is 0 Å². The molecule has 1 heterocycles. The molecule has 1 aliphatic rings. The molecular weight excluding hydrogens is 266 g/mol. The van der Waals surface area contributed by atoms with E-state index < -0.39 is 0 Å². The number of amides is 1. The third-order valence-corrected chi connectivity index (χ3v) is 4.04. The molecule has 1 fully saturated rings. The second-order valence-corrected chi connectivity index (χ2v) is 5.86. The number of aliphatic hydroxyl groups excluding tert-OH is 1. The van der Waals surface area contributed by atoms with Crippen LogP contribution < -0.4 is 11.1 Å². The first-order chi connectivity index (χ1) is 10.1. The molecule has 1 unspecified atom stereocenters. The highest BCUT2D eigenvalue weighted by atomic mass is 16.3. The van der Waals surface area contributed by atoms with E-state index in [2.05, 4.69) is 10.2 Å². The molecule has 0 aliphatic carbocycles. The number of nitrogen functional groups attached to an aromatic ring is 1. The molecule has 1 aromatic rings. The summed E-state index contributed by atoms with van der Waals surface area (Å²) in [7, 11) is 0. The summed E-state index contributed by atoms with van der Waals surface area (Å²) in [5.74, 6) is 0.384. The number of carbonyl (C=O) groups is 1. The van der Waals surface area contributed by atoms with E-state index in [1.54, 1.807) is 6.07 Å². The van der Waals surface area contributed by atoms with Crippen LogP contribution in [0.5, 0.6) is 0 Å². The Morgan fingerprint density at radius 3 is 3.05 bits per heavy atom. The van der Waals surface area contributed by atoms with Gasteiger partial charge in [-0.25, -0.2) is 0 Å². The highest BCUT2D eigenvalue weighted by Gasteiger charge is 2.19. The van der Waals surface area contributed by atoms with Crippen molar-refractivity contribution in [3.05, 3.63) is 23.8 Å². The van der Waals surface area contributed by atoms with Gasteiger partial charge in [0, 0.05) is 37.5 Å². The summed E-state index contributed by atoms with van der Waals surface area (Å²) in [6.45, 7) is 4.83. The van der Waals surface area contributed by atoms with Crippen LogP contribution in [0.4, 0.5) is 11.4 Å². The number of benzene rings is 1. The van der Waals surface area contributed by atoms with E-state index in [1.807, 2.05) is 19.1 Å². The van der Waals surface area contributed by atoms with Crippen LogP contribution in [-0.2, 0) is 4.79 Å². The van der Waals surface area contributed by atoms with Crippen molar-refractivity contribution in [3.63, 3.8) is 0 Å². The topological polar surface area (TPSA) is 78.6 Å². The molecule has 0 bridgehead atoms. The third kappa shape index (κ3) is 4.72. The van der Waals surface area contributed by atoms with Crippen molar-refractivity contribution in [1.29, 1.82) is 0 Å². The lowest BCUT2D eigenvalue weighted by Gasteiger charge is -2.31. The van der Waals surface area contributed by atoms with E-state index in [0.717, 1.165) is 43.7 Å². The summed E-state index contributed by atoms with van der Waals surface area (Å²) in [5, 5.41) is 12.1. The average molecular weight is 291 g/mol. The SMILES string of the molecule is Cc1cc(N)ccc1NC(=O)CCN1CCCC(CO)C1. The maximum Gasteiger partial charge on any atom is 0.225 e. The molecular formula is C16H25N3O2. The molecule has 1 aliphatic heterocycles. The summed E-state index contributed by atoms with van der Waals surface area (Å²) in [6.07, 6.45) is 2.66. The molecule has 4 N–H and O–H groups in total. The van der Waals surface area contributed by atoms with Gasteiger partial charge in [-0.3, -0.25) is 4.79 Å². The van der Waals surface area contributed by atoms with Crippen molar-refractivity contribution in [2.75, 3.05) is 37.3 Å². The molecule has 1 saturated heterocycles. The Balaban J connectivity index is 1.79. The van der Waals surface area contributed by atoms with E-state index in [1.165, 1.54) is 0 Å². The van der Waals surface area contributed by atoms with Crippen molar-refractivity contribution in [2.24, 2.45) is 5.92 Å². The van der Waals surface area contributed by atoms with Gasteiger partial charge in [-0.15, -0.1) is 0 Å². The second kappa shape index (κ2) is 7.43. The molecule has 0 saturated carbocycles. The second-order valence-electron chi connectivity index (χ2n) is 5.86. The van der Waals surface area contributed by atoms with Crippen LogP contribution in [0.15, 0.2) is 18.2 Å². The highest BCUT2D eigenvalue weighted by molar-refractivity contribution is 5.91. The Bertz CT molecular complexity index is 490. The summed E-state index contributed by atoms with van der Waals surface area (Å²) in [4.78, 5) is 14.3.